The number of hydrogen-bond donors (Lipinski definition) is 0. The lowest BCUT2D eigenvalue weighted by atomic mass is 9.89. The summed E-state index contributed by atoms with van der Waals surface area (Å²) in [5.74, 6) is 0.441. The molecule has 84 valence electrons. The van der Waals surface area contributed by atoms with E-state index in [1.165, 1.54) is 16.7 Å². The summed E-state index contributed by atoms with van der Waals surface area (Å²) < 4.78 is 0. The molecule has 1 nitrogen and oxygen atoms in total. The first kappa shape index (κ1) is 12.2. The van der Waals surface area contributed by atoms with E-state index in [0.29, 0.717) is 5.78 Å². The molecule has 0 radical (unpaired) electrons. The molecule has 0 aromatic rings. The summed E-state index contributed by atoms with van der Waals surface area (Å²) in [6.07, 6.45) is 8.17. The van der Waals surface area contributed by atoms with Crippen molar-refractivity contribution in [1.82, 2.24) is 0 Å². The molecule has 0 unspecified atom stereocenters. The Balaban J connectivity index is 2.43. The van der Waals surface area contributed by atoms with Gasteiger partial charge in [-0.15, -0.1) is 0 Å². The maximum Gasteiger partial charge on any atom is 0.133 e. The lowest BCUT2D eigenvalue weighted by Crippen LogP contribution is -2.07. The first-order valence-corrected chi connectivity index (χ1v) is 5.92. The lowest BCUT2D eigenvalue weighted by Gasteiger charge is -2.16. The lowest BCUT2D eigenvalue weighted by molar-refractivity contribution is -0.119. The van der Waals surface area contributed by atoms with Crippen molar-refractivity contribution in [2.75, 3.05) is 0 Å². The number of carbonyl (C=O) groups excluding carboxylic acids is 1. The van der Waals surface area contributed by atoms with Crippen LogP contribution in [0.3, 0.4) is 0 Å². The molecule has 15 heavy (non-hydrogen) atoms. The zero-order chi connectivity index (χ0) is 11.3. The van der Waals surface area contributed by atoms with Crippen LogP contribution in [0.5, 0.6) is 0 Å². The third kappa shape index (κ3) is 4.46. The number of ketones is 1. The van der Waals surface area contributed by atoms with Crippen LogP contribution in [0.15, 0.2) is 22.8 Å². The molecule has 0 amide bonds. The molecule has 1 heteroatoms. The van der Waals surface area contributed by atoms with Crippen molar-refractivity contribution in [3.63, 3.8) is 0 Å². The van der Waals surface area contributed by atoms with Crippen LogP contribution in [0.4, 0.5) is 0 Å². The van der Waals surface area contributed by atoms with E-state index in [-0.39, 0.29) is 0 Å². The monoisotopic (exact) mass is 206 g/mol. The maximum absolute atomic E-state index is 11.1. The first-order chi connectivity index (χ1) is 7.09. The van der Waals surface area contributed by atoms with Crippen molar-refractivity contribution < 1.29 is 4.79 Å². The van der Waals surface area contributed by atoms with Gasteiger partial charge in [-0.25, -0.2) is 0 Å². The van der Waals surface area contributed by atoms with Gasteiger partial charge in [-0.2, -0.15) is 0 Å². The van der Waals surface area contributed by atoms with E-state index in [9.17, 15) is 4.79 Å². The van der Waals surface area contributed by atoms with E-state index < -0.39 is 0 Å². The number of allylic oxidation sites excluding steroid dienone is 4. The van der Waals surface area contributed by atoms with Crippen molar-refractivity contribution in [1.29, 1.82) is 0 Å². The van der Waals surface area contributed by atoms with E-state index in [1.807, 2.05) is 0 Å². The minimum atomic E-state index is 0.441. The molecule has 1 aliphatic rings. The fourth-order valence-corrected chi connectivity index (χ4v) is 2.01. The summed E-state index contributed by atoms with van der Waals surface area (Å²) >= 11 is 0. The summed E-state index contributed by atoms with van der Waals surface area (Å²) in [5.41, 5.74) is 4.45. The van der Waals surface area contributed by atoms with Crippen molar-refractivity contribution in [2.24, 2.45) is 0 Å². The first-order valence-electron chi connectivity index (χ1n) is 5.92. The van der Waals surface area contributed by atoms with Crippen molar-refractivity contribution >= 4 is 5.78 Å². The minimum absolute atomic E-state index is 0.441. The van der Waals surface area contributed by atoms with E-state index >= 15 is 0 Å². The van der Waals surface area contributed by atoms with Gasteiger partial charge < -0.3 is 0 Å². The molecular weight excluding hydrogens is 184 g/mol. The Morgan fingerprint density at radius 1 is 1.13 bits per heavy atom. The van der Waals surface area contributed by atoms with Crippen LogP contribution in [-0.4, -0.2) is 5.78 Å². The van der Waals surface area contributed by atoms with Crippen LogP contribution in [0.2, 0.25) is 0 Å². The second-order valence-electron chi connectivity index (χ2n) is 4.74. The van der Waals surface area contributed by atoms with Crippen molar-refractivity contribution in [3.8, 4) is 0 Å². The molecule has 0 spiro atoms. The smallest absolute Gasteiger partial charge is 0.133 e. The largest absolute Gasteiger partial charge is 0.300 e. The van der Waals surface area contributed by atoms with Gasteiger partial charge in [0.05, 0.1) is 0 Å². The summed E-state index contributed by atoms with van der Waals surface area (Å²) in [6, 6.07) is 0. The second kappa shape index (κ2) is 5.89. The molecule has 0 aliphatic heterocycles. The van der Waals surface area contributed by atoms with Gasteiger partial charge in [0, 0.05) is 12.8 Å². The zero-order valence-corrected chi connectivity index (χ0v) is 10.2. The number of Topliss-reactive ketones (excluding diaryl/α,β-unsaturated/α-hetero) is 1. The van der Waals surface area contributed by atoms with Gasteiger partial charge in [-0.1, -0.05) is 22.8 Å². The van der Waals surface area contributed by atoms with Gasteiger partial charge in [0.25, 0.3) is 0 Å². The average molecular weight is 206 g/mol. The van der Waals surface area contributed by atoms with Crippen LogP contribution in [0.25, 0.3) is 0 Å². The Morgan fingerprint density at radius 3 is 2.27 bits per heavy atom. The molecule has 0 atom stereocenters. The molecule has 1 aliphatic carbocycles. The normalized spacial score (nSPS) is 16.5. The van der Waals surface area contributed by atoms with Crippen LogP contribution in [-0.2, 0) is 4.79 Å². The van der Waals surface area contributed by atoms with Crippen LogP contribution < -0.4 is 0 Å². The average Bonchev–Trinajstić information content (AvgIpc) is 2.18. The van der Waals surface area contributed by atoms with Crippen LogP contribution in [0, 0.1) is 0 Å². The second-order valence-corrected chi connectivity index (χ2v) is 4.74. The predicted molar refractivity (Wildman–Crippen MR) is 64.8 cm³/mol. The minimum Gasteiger partial charge on any atom is -0.300 e. The van der Waals surface area contributed by atoms with Gasteiger partial charge in [-0.05, 0) is 46.5 Å². The van der Waals surface area contributed by atoms with Crippen molar-refractivity contribution in [2.45, 2.75) is 59.3 Å². The molecule has 0 saturated heterocycles. The zero-order valence-electron chi connectivity index (χ0n) is 10.2. The molecule has 0 heterocycles. The molecule has 1 rings (SSSR count). The van der Waals surface area contributed by atoms with Gasteiger partial charge in [0.2, 0.25) is 0 Å². The third-order valence-electron chi connectivity index (χ3n) is 3.09. The number of hydrogen-bond acceptors (Lipinski definition) is 1. The van der Waals surface area contributed by atoms with E-state index in [2.05, 4.69) is 26.8 Å². The highest BCUT2D eigenvalue weighted by atomic mass is 16.1. The SMILES string of the molecule is CC(C)=CCCC(C)=C1CCC(=O)CC1. The molecule has 0 aromatic heterocycles. The Hall–Kier alpha value is -0.850. The molecule has 1 fully saturated rings. The Labute approximate surface area is 93.3 Å². The molecule has 1 saturated carbocycles. The van der Waals surface area contributed by atoms with Crippen LogP contribution in [0.1, 0.15) is 59.3 Å². The molecule has 0 aromatic carbocycles. The van der Waals surface area contributed by atoms with Gasteiger partial charge in [0.15, 0.2) is 0 Å². The molecule has 0 bridgehead atoms. The van der Waals surface area contributed by atoms with Gasteiger partial charge >= 0.3 is 0 Å². The molecule has 0 N–H and O–H groups in total. The van der Waals surface area contributed by atoms with Crippen molar-refractivity contribution in [3.05, 3.63) is 22.8 Å². The predicted octanol–water partition coefficient (Wildman–Crippen LogP) is 4.19. The highest BCUT2D eigenvalue weighted by molar-refractivity contribution is 5.80. The van der Waals surface area contributed by atoms with E-state index in [4.69, 9.17) is 0 Å². The third-order valence-corrected chi connectivity index (χ3v) is 3.09. The van der Waals surface area contributed by atoms with Gasteiger partial charge in [-0.3, -0.25) is 4.79 Å². The van der Waals surface area contributed by atoms with Gasteiger partial charge in [0.1, 0.15) is 5.78 Å². The quantitative estimate of drug-likeness (QED) is 0.633. The van der Waals surface area contributed by atoms with Crippen LogP contribution >= 0.6 is 0 Å². The Morgan fingerprint density at radius 2 is 1.73 bits per heavy atom. The number of carbonyl (C=O) groups is 1. The Bertz CT molecular complexity index is 278. The highest BCUT2D eigenvalue weighted by Gasteiger charge is 2.13. The summed E-state index contributed by atoms with van der Waals surface area (Å²) in [5, 5.41) is 0. The number of rotatable bonds is 3. The topological polar surface area (TPSA) is 17.1 Å². The highest BCUT2D eigenvalue weighted by Crippen LogP contribution is 2.25. The summed E-state index contributed by atoms with van der Waals surface area (Å²) in [7, 11) is 0. The summed E-state index contributed by atoms with van der Waals surface area (Å²) in [4.78, 5) is 11.1. The maximum atomic E-state index is 11.1. The fraction of sp³-hybridized carbons (Fsp3) is 0.643. The molecular formula is C14H22O. The summed E-state index contributed by atoms with van der Waals surface area (Å²) in [6.45, 7) is 6.51. The van der Waals surface area contributed by atoms with E-state index in [1.54, 1.807) is 0 Å². The Kier molecular flexibility index (Phi) is 4.80. The van der Waals surface area contributed by atoms with E-state index in [0.717, 1.165) is 38.5 Å². The fourth-order valence-electron chi connectivity index (χ4n) is 2.01. The standard InChI is InChI=1S/C14H22O/c1-11(2)5-4-6-12(3)13-7-9-14(15)10-8-13/h5H,4,6-10H2,1-3H3.